The molecule has 1 N–H and O–H groups in total. The van der Waals surface area contributed by atoms with Crippen LogP contribution in [0.2, 0.25) is 0 Å². The molecule has 0 radical (unpaired) electrons. The van der Waals surface area contributed by atoms with Gasteiger partial charge in [0.25, 0.3) is 0 Å². The SMILES string of the molecule is CC(C)(C)OC(=O)NCCCC1CC2C3CCN(CC3)C2C1. The third-order valence-corrected chi connectivity index (χ3v) is 5.78. The van der Waals surface area contributed by atoms with Crippen molar-refractivity contribution in [3.8, 4) is 0 Å². The van der Waals surface area contributed by atoms with Crippen molar-refractivity contribution in [1.82, 2.24) is 10.2 Å². The fraction of sp³-hybridized carbons (Fsp3) is 0.944. The Bertz CT molecular complexity index is 376. The summed E-state index contributed by atoms with van der Waals surface area (Å²) < 4.78 is 5.27. The molecule has 0 aromatic carbocycles. The number of alkyl carbamates (subject to hydrolysis) is 1. The van der Waals surface area contributed by atoms with Gasteiger partial charge in [-0.05, 0) is 90.1 Å². The first-order valence-electron chi connectivity index (χ1n) is 9.13. The van der Waals surface area contributed by atoms with Crippen LogP contribution < -0.4 is 5.32 Å². The standard InChI is InChI=1S/C18H32N2O2/c1-18(2,3)22-17(21)19-8-4-5-13-11-15-14-6-9-20(10-7-14)16(15)12-13/h13-16H,4-12H2,1-3H3,(H,19,21). The molecule has 1 saturated carbocycles. The lowest BCUT2D eigenvalue weighted by atomic mass is 9.75. The average molecular weight is 308 g/mol. The molecule has 3 saturated heterocycles. The highest BCUT2D eigenvalue weighted by atomic mass is 16.6. The number of ether oxygens (including phenoxy) is 1. The zero-order chi connectivity index (χ0) is 15.7. The van der Waals surface area contributed by atoms with Crippen molar-refractivity contribution in [1.29, 1.82) is 0 Å². The lowest BCUT2D eigenvalue weighted by Crippen LogP contribution is -2.52. The molecule has 3 heterocycles. The van der Waals surface area contributed by atoms with Crippen molar-refractivity contribution >= 4 is 6.09 Å². The van der Waals surface area contributed by atoms with Gasteiger partial charge in [-0.15, -0.1) is 0 Å². The van der Waals surface area contributed by atoms with Crippen molar-refractivity contribution in [3.63, 3.8) is 0 Å². The highest BCUT2D eigenvalue weighted by Crippen LogP contribution is 2.48. The largest absolute Gasteiger partial charge is 0.444 e. The van der Waals surface area contributed by atoms with Crippen molar-refractivity contribution in [2.24, 2.45) is 17.8 Å². The molecule has 0 aromatic rings. The van der Waals surface area contributed by atoms with Gasteiger partial charge in [-0.1, -0.05) is 0 Å². The van der Waals surface area contributed by atoms with Gasteiger partial charge in [-0.25, -0.2) is 4.79 Å². The van der Waals surface area contributed by atoms with Crippen molar-refractivity contribution in [2.75, 3.05) is 19.6 Å². The van der Waals surface area contributed by atoms with Crippen LogP contribution in [0.1, 0.15) is 59.3 Å². The first-order valence-corrected chi connectivity index (χ1v) is 9.13. The van der Waals surface area contributed by atoms with E-state index in [4.69, 9.17) is 4.74 Å². The molecular formula is C18H32N2O2. The van der Waals surface area contributed by atoms with Crippen molar-refractivity contribution < 1.29 is 9.53 Å². The van der Waals surface area contributed by atoms with Gasteiger partial charge >= 0.3 is 6.09 Å². The van der Waals surface area contributed by atoms with E-state index in [2.05, 4.69) is 10.2 Å². The third-order valence-electron chi connectivity index (χ3n) is 5.78. The number of rotatable bonds is 4. The predicted molar refractivity (Wildman–Crippen MR) is 87.8 cm³/mol. The summed E-state index contributed by atoms with van der Waals surface area (Å²) >= 11 is 0. The van der Waals surface area contributed by atoms with Gasteiger partial charge < -0.3 is 15.0 Å². The number of nitrogens with one attached hydrogen (secondary N) is 1. The molecule has 3 aliphatic heterocycles. The number of nitrogens with zero attached hydrogens (tertiary/aromatic N) is 1. The normalized spacial score (nSPS) is 37.0. The summed E-state index contributed by atoms with van der Waals surface area (Å²) in [5.74, 6) is 2.86. The van der Waals surface area contributed by atoms with E-state index in [1.54, 1.807) is 0 Å². The van der Waals surface area contributed by atoms with E-state index in [1.807, 2.05) is 20.8 Å². The maximum absolute atomic E-state index is 11.6. The highest BCUT2D eigenvalue weighted by Gasteiger charge is 2.47. The first-order chi connectivity index (χ1) is 10.4. The zero-order valence-corrected chi connectivity index (χ0v) is 14.4. The second kappa shape index (κ2) is 6.38. The quantitative estimate of drug-likeness (QED) is 0.809. The van der Waals surface area contributed by atoms with E-state index in [9.17, 15) is 4.79 Å². The smallest absolute Gasteiger partial charge is 0.407 e. The summed E-state index contributed by atoms with van der Waals surface area (Å²) in [5, 5.41) is 2.88. The van der Waals surface area contributed by atoms with Crippen LogP contribution in [0.5, 0.6) is 0 Å². The summed E-state index contributed by atoms with van der Waals surface area (Å²) in [6, 6.07) is 0.885. The van der Waals surface area contributed by atoms with Crippen LogP contribution in [0, 0.1) is 17.8 Å². The van der Waals surface area contributed by atoms with Crippen molar-refractivity contribution in [2.45, 2.75) is 70.9 Å². The molecule has 3 unspecified atom stereocenters. The molecule has 0 aromatic heterocycles. The number of amides is 1. The summed E-state index contributed by atoms with van der Waals surface area (Å²) in [4.78, 5) is 14.4. The Morgan fingerprint density at radius 3 is 2.59 bits per heavy atom. The Morgan fingerprint density at radius 2 is 1.95 bits per heavy atom. The van der Waals surface area contributed by atoms with E-state index in [0.29, 0.717) is 0 Å². The summed E-state index contributed by atoms with van der Waals surface area (Å²) in [7, 11) is 0. The minimum atomic E-state index is -0.404. The monoisotopic (exact) mass is 308 g/mol. The number of carbonyl (C=O) groups excluding carboxylic acids is 1. The summed E-state index contributed by atoms with van der Waals surface area (Å²) in [6.45, 7) is 9.13. The maximum atomic E-state index is 11.6. The van der Waals surface area contributed by atoms with Crippen LogP contribution in [0.15, 0.2) is 0 Å². The third kappa shape index (κ3) is 3.76. The maximum Gasteiger partial charge on any atom is 0.407 e. The molecule has 4 rings (SSSR count). The minimum absolute atomic E-state index is 0.281. The average Bonchev–Trinajstić information content (AvgIpc) is 2.89. The minimum Gasteiger partial charge on any atom is -0.444 e. The molecule has 2 bridgehead atoms. The molecule has 22 heavy (non-hydrogen) atoms. The number of piperidine rings is 3. The van der Waals surface area contributed by atoms with Gasteiger partial charge in [0.1, 0.15) is 5.60 Å². The van der Waals surface area contributed by atoms with E-state index in [0.717, 1.165) is 36.8 Å². The Kier molecular flexibility index (Phi) is 4.67. The lowest BCUT2D eigenvalue weighted by molar-refractivity contribution is 0.00792. The van der Waals surface area contributed by atoms with Crippen LogP contribution in [0.25, 0.3) is 0 Å². The molecule has 0 spiro atoms. The Hall–Kier alpha value is -0.770. The van der Waals surface area contributed by atoms with E-state index < -0.39 is 5.60 Å². The van der Waals surface area contributed by atoms with Gasteiger partial charge in [0.15, 0.2) is 0 Å². The van der Waals surface area contributed by atoms with E-state index in [1.165, 1.54) is 45.2 Å². The van der Waals surface area contributed by atoms with Crippen molar-refractivity contribution in [3.05, 3.63) is 0 Å². The molecule has 4 nitrogen and oxygen atoms in total. The number of hydrogen-bond acceptors (Lipinski definition) is 3. The Labute approximate surface area is 135 Å². The second-order valence-electron chi connectivity index (χ2n) is 8.51. The lowest BCUT2D eigenvalue weighted by Gasteiger charge is -2.48. The fourth-order valence-electron chi connectivity index (χ4n) is 4.89. The first kappa shape index (κ1) is 16.1. The molecular weight excluding hydrogens is 276 g/mol. The van der Waals surface area contributed by atoms with Crippen LogP contribution in [-0.4, -0.2) is 42.3 Å². The van der Waals surface area contributed by atoms with Gasteiger partial charge in [-0.3, -0.25) is 0 Å². The van der Waals surface area contributed by atoms with Crippen LogP contribution in [-0.2, 0) is 4.74 Å². The van der Waals surface area contributed by atoms with Gasteiger partial charge in [0.2, 0.25) is 0 Å². The molecule has 3 atom stereocenters. The molecule has 1 amide bonds. The highest BCUT2D eigenvalue weighted by molar-refractivity contribution is 5.67. The molecule has 4 fully saturated rings. The second-order valence-corrected chi connectivity index (χ2v) is 8.51. The number of hydrogen-bond donors (Lipinski definition) is 1. The number of fused-ring (bicyclic) bond motifs is 2. The zero-order valence-electron chi connectivity index (χ0n) is 14.4. The fourth-order valence-corrected chi connectivity index (χ4v) is 4.89. The van der Waals surface area contributed by atoms with Gasteiger partial charge in [-0.2, -0.15) is 0 Å². The van der Waals surface area contributed by atoms with Gasteiger partial charge in [0.05, 0.1) is 0 Å². The molecule has 1 aliphatic carbocycles. The predicted octanol–water partition coefficient (Wildman–Crippen LogP) is 3.41. The van der Waals surface area contributed by atoms with E-state index >= 15 is 0 Å². The van der Waals surface area contributed by atoms with E-state index in [-0.39, 0.29) is 6.09 Å². The van der Waals surface area contributed by atoms with Crippen LogP contribution in [0.4, 0.5) is 4.79 Å². The summed E-state index contributed by atoms with van der Waals surface area (Å²) in [6.07, 6.45) is 7.75. The molecule has 4 heteroatoms. The Balaban J connectivity index is 1.35. The van der Waals surface area contributed by atoms with Crippen LogP contribution >= 0.6 is 0 Å². The Morgan fingerprint density at radius 1 is 1.23 bits per heavy atom. The van der Waals surface area contributed by atoms with Crippen LogP contribution in [0.3, 0.4) is 0 Å². The van der Waals surface area contributed by atoms with Gasteiger partial charge in [0, 0.05) is 12.6 Å². The topological polar surface area (TPSA) is 41.6 Å². The molecule has 126 valence electrons. The molecule has 4 aliphatic rings. The number of carbonyl (C=O) groups is 1. The summed E-state index contributed by atoms with van der Waals surface area (Å²) in [5.41, 5.74) is -0.404.